The summed E-state index contributed by atoms with van der Waals surface area (Å²) >= 11 is 2.43. The highest BCUT2D eigenvalue weighted by Crippen LogP contribution is 2.04. The standard InChI is InChI=1S/C12H22IN3/c1-11(2)16-9-6-12(15-16)10-14-8-5-3-4-7-13/h6,9,11,14H,3-5,7-8,10H2,1-2H3. The van der Waals surface area contributed by atoms with Crippen LogP contribution in [0.2, 0.25) is 0 Å². The third kappa shape index (κ3) is 5.30. The Labute approximate surface area is 112 Å². The maximum atomic E-state index is 4.50. The molecule has 0 aromatic carbocycles. The summed E-state index contributed by atoms with van der Waals surface area (Å²) < 4.78 is 3.28. The van der Waals surface area contributed by atoms with Crippen LogP contribution in [0, 0.1) is 0 Å². The minimum absolute atomic E-state index is 0.456. The van der Waals surface area contributed by atoms with Crippen LogP contribution in [-0.2, 0) is 6.54 Å². The van der Waals surface area contributed by atoms with Gasteiger partial charge in [0.15, 0.2) is 0 Å². The van der Waals surface area contributed by atoms with Gasteiger partial charge in [0.1, 0.15) is 0 Å². The zero-order valence-electron chi connectivity index (χ0n) is 10.2. The van der Waals surface area contributed by atoms with Crippen LogP contribution in [0.15, 0.2) is 12.3 Å². The number of aromatic nitrogens is 2. The Morgan fingerprint density at radius 3 is 2.81 bits per heavy atom. The average Bonchev–Trinajstić information content (AvgIpc) is 2.72. The van der Waals surface area contributed by atoms with Crippen molar-refractivity contribution in [1.82, 2.24) is 15.1 Å². The van der Waals surface area contributed by atoms with Gasteiger partial charge >= 0.3 is 0 Å². The highest BCUT2D eigenvalue weighted by atomic mass is 127. The number of halogens is 1. The second-order valence-corrected chi connectivity index (χ2v) is 5.39. The second-order valence-electron chi connectivity index (χ2n) is 4.31. The Hall–Kier alpha value is -0.100. The lowest BCUT2D eigenvalue weighted by molar-refractivity contribution is 0.520. The van der Waals surface area contributed by atoms with E-state index in [0.29, 0.717) is 6.04 Å². The molecule has 4 heteroatoms. The molecule has 0 fully saturated rings. The van der Waals surface area contributed by atoms with Crippen LogP contribution in [0.5, 0.6) is 0 Å². The molecule has 1 rings (SSSR count). The summed E-state index contributed by atoms with van der Waals surface area (Å²) in [5.41, 5.74) is 1.14. The van der Waals surface area contributed by atoms with E-state index < -0.39 is 0 Å². The Morgan fingerprint density at radius 2 is 2.19 bits per heavy atom. The van der Waals surface area contributed by atoms with Gasteiger partial charge < -0.3 is 5.32 Å². The molecule has 0 aliphatic carbocycles. The van der Waals surface area contributed by atoms with E-state index in [9.17, 15) is 0 Å². The summed E-state index contributed by atoms with van der Waals surface area (Å²) in [4.78, 5) is 0. The van der Waals surface area contributed by atoms with Crippen molar-refractivity contribution in [3.8, 4) is 0 Å². The molecule has 1 aromatic rings. The van der Waals surface area contributed by atoms with Crippen LogP contribution in [-0.4, -0.2) is 20.8 Å². The fourth-order valence-electron chi connectivity index (χ4n) is 1.50. The molecule has 0 saturated heterocycles. The molecule has 3 nitrogen and oxygen atoms in total. The van der Waals surface area contributed by atoms with Gasteiger partial charge in [0.2, 0.25) is 0 Å². The summed E-state index contributed by atoms with van der Waals surface area (Å²) in [7, 11) is 0. The summed E-state index contributed by atoms with van der Waals surface area (Å²) in [5, 5.41) is 7.93. The smallest absolute Gasteiger partial charge is 0.0762 e. The molecule has 0 amide bonds. The minimum Gasteiger partial charge on any atom is -0.311 e. The summed E-state index contributed by atoms with van der Waals surface area (Å²) in [6.07, 6.45) is 5.99. The van der Waals surface area contributed by atoms with E-state index >= 15 is 0 Å². The molecule has 1 N–H and O–H groups in total. The lowest BCUT2D eigenvalue weighted by Crippen LogP contribution is -2.15. The number of hydrogen-bond donors (Lipinski definition) is 1. The number of alkyl halides is 1. The topological polar surface area (TPSA) is 29.9 Å². The molecule has 0 radical (unpaired) electrons. The van der Waals surface area contributed by atoms with Crippen LogP contribution in [0.3, 0.4) is 0 Å². The van der Waals surface area contributed by atoms with E-state index in [-0.39, 0.29) is 0 Å². The molecular formula is C12H22IN3. The molecule has 0 atom stereocenters. The normalized spacial score (nSPS) is 11.2. The van der Waals surface area contributed by atoms with Crippen molar-refractivity contribution >= 4 is 22.6 Å². The van der Waals surface area contributed by atoms with E-state index in [1.54, 1.807) is 0 Å². The summed E-state index contributed by atoms with van der Waals surface area (Å²) in [5.74, 6) is 0. The van der Waals surface area contributed by atoms with Gasteiger partial charge in [-0.3, -0.25) is 4.68 Å². The van der Waals surface area contributed by atoms with Crippen LogP contribution >= 0.6 is 22.6 Å². The van der Waals surface area contributed by atoms with E-state index in [0.717, 1.165) is 18.8 Å². The highest BCUT2D eigenvalue weighted by Gasteiger charge is 2.00. The van der Waals surface area contributed by atoms with Crippen LogP contribution in [0.1, 0.15) is 44.8 Å². The maximum Gasteiger partial charge on any atom is 0.0762 e. The second kappa shape index (κ2) is 8.06. The van der Waals surface area contributed by atoms with Gasteiger partial charge in [-0.15, -0.1) is 0 Å². The molecule has 92 valence electrons. The molecule has 0 aliphatic heterocycles. The molecule has 16 heavy (non-hydrogen) atoms. The first-order valence-corrected chi connectivity index (χ1v) is 7.57. The van der Waals surface area contributed by atoms with Gasteiger partial charge in [-0.05, 0) is 43.7 Å². The van der Waals surface area contributed by atoms with E-state index in [1.165, 1.54) is 23.7 Å². The van der Waals surface area contributed by atoms with Crippen molar-refractivity contribution in [2.24, 2.45) is 0 Å². The van der Waals surface area contributed by atoms with Crippen LogP contribution in [0.25, 0.3) is 0 Å². The monoisotopic (exact) mass is 335 g/mol. The first kappa shape index (κ1) is 14.0. The van der Waals surface area contributed by atoms with Crippen molar-refractivity contribution in [1.29, 1.82) is 0 Å². The lowest BCUT2D eigenvalue weighted by atomic mass is 10.2. The highest BCUT2D eigenvalue weighted by molar-refractivity contribution is 14.1. The van der Waals surface area contributed by atoms with Crippen molar-refractivity contribution in [3.05, 3.63) is 18.0 Å². The predicted molar refractivity (Wildman–Crippen MR) is 77.1 cm³/mol. The zero-order chi connectivity index (χ0) is 11.8. The third-order valence-electron chi connectivity index (χ3n) is 2.49. The lowest BCUT2D eigenvalue weighted by Gasteiger charge is -2.04. The minimum atomic E-state index is 0.456. The summed E-state index contributed by atoms with van der Waals surface area (Å²) in [6.45, 7) is 6.29. The Morgan fingerprint density at radius 1 is 1.38 bits per heavy atom. The van der Waals surface area contributed by atoms with Crippen molar-refractivity contribution < 1.29 is 0 Å². The molecule has 0 bridgehead atoms. The quantitative estimate of drug-likeness (QED) is 0.449. The molecule has 0 aliphatic rings. The number of nitrogens with zero attached hydrogens (tertiary/aromatic N) is 2. The Balaban J connectivity index is 2.12. The van der Waals surface area contributed by atoms with Crippen LogP contribution in [0.4, 0.5) is 0 Å². The average molecular weight is 335 g/mol. The van der Waals surface area contributed by atoms with Gasteiger partial charge in [-0.2, -0.15) is 5.10 Å². The fraction of sp³-hybridized carbons (Fsp3) is 0.750. The van der Waals surface area contributed by atoms with E-state index in [4.69, 9.17) is 0 Å². The zero-order valence-corrected chi connectivity index (χ0v) is 12.4. The predicted octanol–water partition coefficient (Wildman–Crippen LogP) is 3.16. The van der Waals surface area contributed by atoms with Gasteiger partial charge in [-0.25, -0.2) is 0 Å². The fourth-order valence-corrected chi connectivity index (χ4v) is 2.04. The van der Waals surface area contributed by atoms with Crippen molar-refractivity contribution in [2.45, 2.75) is 45.7 Å². The van der Waals surface area contributed by atoms with Gasteiger partial charge in [0.25, 0.3) is 0 Å². The molecule has 1 heterocycles. The number of unbranched alkanes of at least 4 members (excludes halogenated alkanes) is 2. The van der Waals surface area contributed by atoms with Gasteiger partial charge in [0.05, 0.1) is 5.69 Å². The molecule has 1 aromatic heterocycles. The SMILES string of the molecule is CC(C)n1ccc(CNCCCCCI)n1. The first-order valence-electron chi connectivity index (χ1n) is 6.04. The van der Waals surface area contributed by atoms with E-state index in [1.807, 2.05) is 4.68 Å². The molecule has 0 spiro atoms. The maximum absolute atomic E-state index is 4.50. The molecular weight excluding hydrogens is 313 g/mol. The third-order valence-corrected chi connectivity index (χ3v) is 3.25. The Kier molecular flexibility index (Phi) is 7.03. The van der Waals surface area contributed by atoms with Crippen molar-refractivity contribution in [2.75, 3.05) is 11.0 Å². The summed E-state index contributed by atoms with van der Waals surface area (Å²) in [6, 6.07) is 2.55. The first-order chi connectivity index (χ1) is 7.74. The van der Waals surface area contributed by atoms with Gasteiger partial charge in [0, 0.05) is 18.8 Å². The van der Waals surface area contributed by atoms with E-state index in [2.05, 4.69) is 59.1 Å². The number of nitrogens with one attached hydrogen (secondary N) is 1. The Bertz CT molecular complexity index is 284. The molecule has 0 unspecified atom stereocenters. The molecule has 0 saturated carbocycles. The number of rotatable bonds is 8. The van der Waals surface area contributed by atoms with Crippen LogP contribution < -0.4 is 5.32 Å². The largest absolute Gasteiger partial charge is 0.311 e. The van der Waals surface area contributed by atoms with Gasteiger partial charge in [-0.1, -0.05) is 29.0 Å². The number of hydrogen-bond acceptors (Lipinski definition) is 2. The van der Waals surface area contributed by atoms with Crippen molar-refractivity contribution in [3.63, 3.8) is 0 Å².